The molecule has 1 heterocycles. The second-order valence-corrected chi connectivity index (χ2v) is 2.82. The summed E-state index contributed by atoms with van der Waals surface area (Å²) < 4.78 is 6.13. The smallest absolute Gasteiger partial charge is 0.358 e. The molecule has 1 aromatic rings. The molecular formula is C9H10ClN3O2. The number of aliphatic imine (C=N–C) groups is 1. The number of ether oxygens (including phenoxy) is 1. The number of imidazole rings is 1. The summed E-state index contributed by atoms with van der Waals surface area (Å²) in [6.45, 7) is 3.29. The van der Waals surface area contributed by atoms with Crippen LogP contribution in [0.25, 0.3) is 6.20 Å². The fraction of sp³-hybridized carbons (Fsp3) is 0.222. The summed E-state index contributed by atoms with van der Waals surface area (Å²) in [5, 5.41) is 0. The molecule has 15 heavy (non-hydrogen) atoms. The third-order valence-corrected chi connectivity index (χ3v) is 1.89. The Hall–Kier alpha value is -1.62. The molecule has 6 heteroatoms. The first kappa shape index (κ1) is 11.5. The molecule has 0 amide bonds. The van der Waals surface area contributed by atoms with E-state index in [0.717, 1.165) is 0 Å². The number of nitrogens with zero attached hydrogens (tertiary/aromatic N) is 3. The minimum absolute atomic E-state index is 0.193. The summed E-state index contributed by atoms with van der Waals surface area (Å²) >= 11 is 5.66. The zero-order chi connectivity index (χ0) is 11.3. The molecule has 80 valence electrons. The molecule has 0 spiro atoms. The fourth-order valence-electron chi connectivity index (χ4n) is 0.982. The predicted molar refractivity (Wildman–Crippen MR) is 58.0 cm³/mol. The van der Waals surface area contributed by atoms with Gasteiger partial charge in [-0.25, -0.2) is 9.78 Å². The van der Waals surface area contributed by atoms with Gasteiger partial charge in [0.05, 0.1) is 13.0 Å². The van der Waals surface area contributed by atoms with E-state index in [1.807, 2.05) is 0 Å². The van der Waals surface area contributed by atoms with Crippen molar-refractivity contribution in [2.45, 2.75) is 5.88 Å². The SMILES string of the molecule is C=N/C=C\n1cc(C(=O)OC)nc1CCl. The lowest BCUT2D eigenvalue weighted by atomic mass is 10.5. The fourth-order valence-corrected chi connectivity index (χ4v) is 1.18. The van der Waals surface area contributed by atoms with Crippen molar-refractivity contribution in [1.29, 1.82) is 0 Å². The second-order valence-electron chi connectivity index (χ2n) is 2.56. The maximum atomic E-state index is 11.2. The van der Waals surface area contributed by atoms with Crippen molar-refractivity contribution < 1.29 is 9.53 Å². The van der Waals surface area contributed by atoms with Gasteiger partial charge in [0, 0.05) is 18.6 Å². The van der Waals surface area contributed by atoms with Crippen LogP contribution in [0.3, 0.4) is 0 Å². The van der Waals surface area contributed by atoms with E-state index in [9.17, 15) is 4.79 Å². The number of esters is 1. The molecule has 0 saturated carbocycles. The third kappa shape index (κ3) is 2.66. The van der Waals surface area contributed by atoms with Crippen LogP contribution in [-0.2, 0) is 10.6 Å². The maximum absolute atomic E-state index is 11.2. The van der Waals surface area contributed by atoms with Crippen LogP contribution in [0.4, 0.5) is 0 Å². The van der Waals surface area contributed by atoms with Crippen molar-refractivity contribution in [3.05, 3.63) is 23.9 Å². The van der Waals surface area contributed by atoms with Gasteiger partial charge in [-0.2, -0.15) is 0 Å². The number of hydrogen-bond donors (Lipinski definition) is 0. The van der Waals surface area contributed by atoms with E-state index < -0.39 is 5.97 Å². The van der Waals surface area contributed by atoms with Crippen LogP contribution in [0.15, 0.2) is 17.4 Å². The lowest BCUT2D eigenvalue weighted by Gasteiger charge is -1.94. The normalized spacial score (nSPS) is 10.5. The Kier molecular flexibility index (Phi) is 4.05. The molecule has 0 aliphatic carbocycles. The Morgan fingerprint density at radius 2 is 2.60 bits per heavy atom. The molecule has 0 saturated heterocycles. The van der Waals surface area contributed by atoms with Gasteiger partial charge in [0.25, 0.3) is 0 Å². The van der Waals surface area contributed by atoms with Crippen molar-refractivity contribution in [1.82, 2.24) is 9.55 Å². The third-order valence-electron chi connectivity index (χ3n) is 1.66. The molecule has 5 nitrogen and oxygen atoms in total. The molecule has 0 unspecified atom stereocenters. The number of rotatable bonds is 4. The molecule has 1 rings (SSSR count). The summed E-state index contributed by atoms with van der Waals surface area (Å²) in [7, 11) is 1.29. The highest BCUT2D eigenvalue weighted by Crippen LogP contribution is 2.08. The molecule has 0 fully saturated rings. The maximum Gasteiger partial charge on any atom is 0.358 e. The van der Waals surface area contributed by atoms with Crippen LogP contribution < -0.4 is 0 Å². The first-order valence-electron chi connectivity index (χ1n) is 4.07. The Labute approximate surface area is 92.0 Å². The van der Waals surface area contributed by atoms with Crippen molar-refractivity contribution in [3.8, 4) is 0 Å². The number of carbonyl (C=O) groups excluding carboxylic acids is 1. The van der Waals surface area contributed by atoms with E-state index in [1.54, 1.807) is 10.8 Å². The van der Waals surface area contributed by atoms with Gasteiger partial charge >= 0.3 is 5.97 Å². The Morgan fingerprint density at radius 3 is 3.13 bits per heavy atom. The van der Waals surface area contributed by atoms with Gasteiger partial charge in [0.1, 0.15) is 5.82 Å². The Morgan fingerprint density at radius 1 is 1.87 bits per heavy atom. The van der Waals surface area contributed by atoms with Gasteiger partial charge in [0.15, 0.2) is 5.69 Å². The van der Waals surface area contributed by atoms with Gasteiger partial charge in [-0.1, -0.05) is 0 Å². The van der Waals surface area contributed by atoms with Crippen molar-refractivity contribution in [2.24, 2.45) is 4.99 Å². The zero-order valence-electron chi connectivity index (χ0n) is 8.18. The number of alkyl halides is 1. The van der Waals surface area contributed by atoms with Gasteiger partial charge in [-0.05, 0) is 6.72 Å². The Bertz CT molecular complexity index is 398. The quantitative estimate of drug-likeness (QED) is 0.445. The summed E-state index contributed by atoms with van der Waals surface area (Å²) in [6.07, 6.45) is 4.59. The van der Waals surface area contributed by atoms with E-state index in [0.29, 0.717) is 5.82 Å². The van der Waals surface area contributed by atoms with Crippen molar-refractivity contribution in [2.75, 3.05) is 7.11 Å². The first-order chi connectivity index (χ1) is 7.22. The van der Waals surface area contributed by atoms with E-state index in [1.165, 1.54) is 19.5 Å². The van der Waals surface area contributed by atoms with Crippen LogP contribution in [-0.4, -0.2) is 29.3 Å². The summed E-state index contributed by atoms with van der Waals surface area (Å²) in [5.41, 5.74) is 0.210. The second kappa shape index (κ2) is 5.31. The number of hydrogen-bond acceptors (Lipinski definition) is 4. The molecule has 0 N–H and O–H groups in total. The zero-order valence-corrected chi connectivity index (χ0v) is 8.94. The summed E-state index contributed by atoms with van der Waals surface area (Å²) in [4.78, 5) is 18.7. The number of aromatic nitrogens is 2. The van der Waals surface area contributed by atoms with E-state index in [4.69, 9.17) is 11.6 Å². The molecule has 0 aromatic carbocycles. The molecular weight excluding hydrogens is 218 g/mol. The average molecular weight is 228 g/mol. The highest BCUT2D eigenvalue weighted by molar-refractivity contribution is 6.16. The number of halogens is 1. The first-order valence-corrected chi connectivity index (χ1v) is 4.61. The average Bonchev–Trinajstić information content (AvgIpc) is 2.68. The summed E-state index contributed by atoms with van der Waals surface area (Å²) in [5.74, 6) is 0.232. The monoisotopic (exact) mass is 227 g/mol. The topological polar surface area (TPSA) is 56.5 Å². The largest absolute Gasteiger partial charge is 0.464 e. The van der Waals surface area contributed by atoms with Gasteiger partial charge in [0.2, 0.25) is 0 Å². The molecule has 1 aromatic heterocycles. The van der Waals surface area contributed by atoms with E-state index in [2.05, 4.69) is 21.4 Å². The highest BCUT2D eigenvalue weighted by Gasteiger charge is 2.12. The minimum atomic E-state index is -0.500. The number of methoxy groups -OCH3 is 1. The van der Waals surface area contributed by atoms with Crippen molar-refractivity contribution in [3.63, 3.8) is 0 Å². The van der Waals surface area contributed by atoms with Gasteiger partial charge in [-0.3, -0.25) is 4.99 Å². The van der Waals surface area contributed by atoms with Crippen LogP contribution in [0.2, 0.25) is 0 Å². The van der Waals surface area contributed by atoms with Gasteiger partial charge < -0.3 is 9.30 Å². The van der Waals surface area contributed by atoms with Crippen LogP contribution >= 0.6 is 11.6 Å². The predicted octanol–water partition coefficient (Wildman–Crippen LogP) is 1.54. The molecule has 0 aliphatic rings. The van der Waals surface area contributed by atoms with Gasteiger partial charge in [-0.15, -0.1) is 11.6 Å². The van der Waals surface area contributed by atoms with Crippen LogP contribution in [0.5, 0.6) is 0 Å². The van der Waals surface area contributed by atoms with Crippen molar-refractivity contribution >= 4 is 30.5 Å². The standard InChI is InChI=1S/C9H10ClN3O2/c1-11-3-4-13-6-7(9(14)15-2)12-8(13)5-10/h3-4,6H,1,5H2,2H3/b4-3-. The molecule has 0 aliphatic heterocycles. The lowest BCUT2D eigenvalue weighted by Crippen LogP contribution is -2.01. The minimum Gasteiger partial charge on any atom is -0.464 e. The van der Waals surface area contributed by atoms with Crippen LogP contribution in [0, 0.1) is 0 Å². The Balaban J connectivity index is 3.05. The molecule has 0 atom stereocenters. The summed E-state index contributed by atoms with van der Waals surface area (Å²) in [6, 6.07) is 0. The van der Waals surface area contributed by atoms with E-state index >= 15 is 0 Å². The molecule has 0 bridgehead atoms. The number of carbonyl (C=O) groups is 1. The van der Waals surface area contributed by atoms with Crippen LogP contribution in [0.1, 0.15) is 16.3 Å². The van der Waals surface area contributed by atoms with E-state index in [-0.39, 0.29) is 11.6 Å². The highest BCUT2D eigenvalue weighted by atomic mass is 35.5. The lowest BCUT2D eigenvalue weighted by molar-refractivity contribution is 0.0594. The molecule has 0 radical (unpaired) electrons.